The molecule has 1 N–H and O–H groups in total. The van der Waals surface area contributed by atoms with Gasteiger partial charge in [-0.15, -0.1) is 0 Å². The van der Waals surface area contributed by atoms with Crippen molar-refractivity contribution in [2.75, 3.05) is 24.5 Å². The molecule has 2 saturated heterocycles. The number of carbonyl (C=O) groups excluding carboxylic acids is 3. The van der Waals surface area contributed by atoms with Gasteiger partial charge in [-0.05, 0) is 30.3 Å². The second-order valence-corrected chi connectivity index (χ2v) is 7.30. The Morgan fingerprint density at radius 3 is 2.78 bits per heavy atom. The maximum Gasteiger partial charge on any atom is 0.414 e. The van der Waals surface area contributed by atoms with E-state index >= 15 is 0 Å². The van der Waals surface area contributed by atoms with Gasteiger partial charge in [-0.2, -0.15) is 5.10 Å². The molecule has 3 aromatic rings. The summed E-state index contributed by atoms with van der Waals surface area (Å²) < 4.78 is 21.5. The second kappa shape index (κ2) is 7.76. The highest BCUT2D eigenvalue weighted by molar-refractivity contribution is 6.02. The normalized spacial score (nSPS) is 18.3. The van der Waals surface area contributed by atoms with Crippen molar-refractivity contribution in [3.05, 3.63) is 60.8 Å². The lowest BCUT2D eigenvalue weighted by molar-refractivity contribution is -0.125. The second-order valence-electron chi connectivity index (χ2n) is 7.30. The maximum absolute atomic E-state index is 14.9. The first-order chi connectivity index (χ1) is 15.5. The number of imide groups is 1. The first-order valence-electron chi connectivity index (χ1n) is 9.82. The number of carbonyl (C=O) groups is 3. The first-order valence-corrected chi connectivity index (χ1v) is 9.82. The number of cyclic esters (lactones) is 1. The van der Waals surface area contributed by atoms with E-state index in [1.54, 1.807) is 30.7 Å². The van der Waals surface area contributed by atoms with Gasteiger partial charge in [-0.3, -0.25) is 19.6 Å². The fourth-order valence-corrected chi connectivity index (χ4v) is 3.64. The van der Waals surface area contributed by atoms with E-state index in [-0.39, 0.29) is 31.2 Å². The predicted molar refractivity (Wildman–Crippen MR) is 109 cm³/mol. The van der Waals surface area contributed by atoms with Gasteiger partial charge < -0.3 is 10.1 Å². The molecule has 0 spiro atoms. The van der Waals surface area contributed by atoms with Gasteiger partial charge in [0.05, 0.1) is 37.2 Å². The molecule has 32 heavy (non-hydrogen) atoms. The van der Waals surface area contributed by atoms with E-state index in [2.05, 4.69) is 15.4 Å². The van der Waals surface area contributed by atoms with E-state index in [1.165, 1.54) is 21.7 Å². The number of ether oxygens (including phenoxy) is 1. The predicted octanol–water partition coefficient (Wildman–Crippen LogP) is 1.95. The van der Waals surface area contributed by atoms with Crippen LogP contribution in [0.1, 0.15) is 0 Å². The Balaban J connectivity index is 1.32. The lowest BCUT2D eigenvalue weighted by Crippen LogP contribution is -2.39. The zero-order chi connectivity index (χ0) is 22.2. The molecule has 2 aliphatic heterocycles. The molecule has 4 heterocycles. The topological polar surface area (TPSA) is 110 Å². The Labute approximate surface area is 181 Å². The number of benzene rings is 1. The minimum atomic E-state index is -0.704. The highest BCUT2D eigenvalue weighted by Gasteiger charge is 2.38. The first kappa shape index (κ1) is 19.7. The lowest BCUT2D eigenvalue weighted by atomic mass is 10.2. The Morgan fingerprint density at radius 1 is 1.19 bits per heavy atom. The Kier molecular flexibility index (Phi) is 4.77. The van der Waals surface area contributed by atoms with E-state index in [9.17, 15) is 18.8 Å². The summed E-state index contributed by atoms with van der Waals surface area (Å²) in [5, 5.41) is 6.62. The third kappa shape index (κ3) is 3.53. The highest BCUT2D eigenvalue weighted by Crippen LogP contribution is 2.27. The highest BCUT2D eigenvalue weighted by atomic mass is 19.1. The zero-order valence-corrected chi connectivity index (χ0v) is 16.6. The number of pyridine rings is 1. The van der Waals surface area contributed by atoms with Crippen LogP contribution in [0.2, 0.25) is 0 Å². The molecule has 0 radical (unpaired) electrons. The molecule has 0 aliphatic carbocycles. The van der Waals surface area contributed by atoms with E-state index in [0.717, 1.165) is 10.5 Å². The molecular formula is C21H17FN6O4. The number of amides is 4. The minimum Gasteiger partial charge on any atom is -0.442 e. The molecular weight excluding hydrogens is 419 g/mol. The lowest BCUT2D eigenvalue weighted by Gasteiger charge is -2.16. The fourth-order valence-electron chi connectivity index (χ4n) is 3.64. The van der Waals surface area contributed by atoms with Gasteiger partial charge in [0.1, 0.15) is 11.8 Å². The number of nitrogens with zero attached hydrogens (tertiary/aromatic N) is 5. The van der Waals surface area contributed by atoms with Crippen LogP contribution in [-0.2, 0) is 9.53 Å². The Morgan fingerprint density at radius 2 is 2.06 bits per heavy atom. The largest absolute Gasteiger partial charge is 0.442 e. The van der Waals surface area contributed by atoms with Gasteiger partial charge in [-0.25, -0.2) is 18.7 Å². The molecule has 5 rings (SSSR count). The molecule has 10 nitrogen and oxygen atoms in total. The quantitative estimate of drug-likeness (QED) is 0.613. The minimum absolute atomic E-state index is 0.0585. The molecule has 2 aliphatic rings. The van der Waals surface area contributed by atoms with Crippen LogP contribution in [0, 0.1) is 5.82 Å². The summed E-state index contributed by atoms with van der Waals surface area (Å²) >= 11 is 0. The van der Waals surface area contributed by atoms with Gasteiger partial charge in [0, 0.05) is 18.0 Å². The third-order valence-corrected chi connectivity index (χ3v) is 5.23. The molecule has 0 bridgehead atoms. The number of hydrogen-bond acceptors (Lipinski definition) is 6. The summed E-state index contributed by atoms with van der Waals surface area (Å²) in [6.07, 6.45) is 3.54. The molecule has 4 amide bonds. The summed E-state index contributed by atoms with van der Waals surface area (Å²) in [4.78, 5) is 42.3. The van der Waals surface area contributed by atoms with Gasteiger partial charge in [0.25, 0.3) is 0 Å². The molecule has 2 fully saturated rings. The van der Waals surface area contributed by atoms with Crippen molar-refractivity contribution in [2.24, 2.45) is 0 Å². The van der Waals surface area contributed by atoms with Crippen molar-refractivity contribution in [1.29, 1.82) is 0 Å². The van der Waals surface area contributed by atoms with Gasteiger partial charge in [0.2, 0.25) is 5.91 Å². The number of urea groups is 1. The van der Waals surface area contributed by atoms with Crippen LogP contribution < -0.4 is 10.2 Å². The average Bonchev–Trinajstić information content (AvgIpc) is 3.50. The average molecular weight is 436 g/mol. The number of nitrogens with one attached hydrogen (secondary N) is 1. The van der Waals surface area contributed by atoms with E-state index in [0.29, 0.717) is 11.4 Å². The number of halogens is 1. The molecule has 0 unspecified atom stereocenters. The third-order valence-electron chi connectivity index (χ3n) is 5.23. The van der Waals surface area contributed by atoms with Crippen molar-refractivity contribution in [3.8, 4) is 16.9 Å². The van der Waals surface area contributed by atoms with Crippen molar-refractivity contribution in [1.82, 2.24) is 25.0 Å². The smallest absolute Gasteiger partial charge is 0.414 e. The van der Waals surface area contributed by atoms with Crippen LogP contribution in [0.15, 0.2) is 55.0 Å². The maximum atomic E-state index is 14.9. The fraction of sp³-hybridized carbons (Fsp3) is 0.190. The molecule has 1 atom stereocenters. The molecule has 1 aromatic carbocycles. The SMILES string of the molecule is O=C1CNC(=O)N1C[C@H]1CN(c2ccc(-n3cc(-c4ccccn4)cn3)c(F)c2)C(=O)O1. The van der Waals surface area contributed by atoms with Crippen molar-refractivity contribution in [3.63, 3.8) is 0 Å². The van der Waals surface area contributed by atoms with Crippen LogP contribution in [0.3, 0.4) is 0 Å². The van der Waals surface area contributed by atoms with Crippen LogP contribution in [0.5, 0.6) is 0 Å². The summed E-state index contributed by atoms with van der Waals surface area (Å²) in [5.41, 5.74) is 1.96. The standard InChI is InChI=1S/C21H17FN6O4/c22-16-7-14(26-11-15(32-21(26)31)12-27-19(29)9-24-20(27)30)4-5-18(16)28-10-13(8-25-28)17-3-1-2-6-23-17/h1-8,10,15H,9,11-12H2,(H,24,30)/t15-/m1/s1. The van der Waals surface area contributed by atoms with Crippen LogP contribution in [0.25, 0.3) is 16.9 Å². The van der Waals surface area contributed by atoms with E-state index in [1.807, 2.05) is 12.1 Å². The van der Waals surface area contributed by atoms with Gasteiger partial charge in [-0.1, -0.05) is 6.07 Å². The van der Waals surface area contributed by atoms with Crippen molar-refractivity contribution < 1.29 is 23.5 Å². The van der Waals surface area contributed by atoms with Crippen molar-refractivity contribution >= 4 is 23.7 Å². The Bertz CT molecular complexity index is 1200. The number of rotatable bonds is 5. The van der Waals surface area contributed by atoms with Gasteiger partial charge in [0.15, 0.2) is 5.82 Å². The number of anilines is 1. The summed E-state index contributed by atoms with van der Waals surface area (Å²) in [5.74, 6) is -0.965. The molecule has 2 aromatic heterocycles. The van der Waals surface area contributed by atoms with Crippen molar-refractivity contribution in [2.45, 2.75) is 6.10 Å². The Hall–Kier alpha value is -4.28. The van der Waals surface area contributed by atoms with E-state index < -0.39 is 24.0 Å². The van der Waals surface area contributed by atoms with E-state index in [4.69, 9.17) is 4.74 Å². The molecule has 11 heteroatoms. The van der Waals surface area contributed by atoms with Crippen LogP contribution >= 0.6 is 0 Å². The number of hydrogen-bond donors (Lipinski definition) is 1. The molecule has 162 valence electrons. The van der Waals surface area contributed by atoms with Crippen LogP contribution in [-0.4, -0.2) is 63.4 Å². The number of aromatic nitrogens is 3. The summed E-state index contributed by atoms with van der Waals surface area (Å²) in [6, 6.07) is 9.27. The summed E-state index contributed by atoms with van der Waals surface area (Å²) in [6.45, 7) is -0.0529. The zero-order valence-electron chi connectivity index (χ0n) is 16.6. The summed E-state index contributed by atoms with van der Waals surface area (Å²) in [7, 11) is 0. The van der Waals surface area contributed by atoms with Crippen LogP contribution in [0.4, 0.5) is 19.7 Å². The molecule has 0 saturated carbocycles. The monoisotopic (exact) mass is 436 g/mol. The van der Waals surface area contributed by atoms with Gasteiger partial charge >= 0.3 is 12.1 Å².